The maximum Gasteiger partial charge on any atom is 0.322 e. The lowest BCUT2D eigenvalue weighted by Gasteiger charge is -2.13. The molecule has 0 unspecified atom stereocenters. The number of nitrogens with one attached hydrogen (secondary N) is 1. The number of aryl methyl sites for hydroxylation is 1. The number of hydrogen-bond acceptors (Lipinski definition) is 5. The van der Waals surface area contributed by atoms with Crippen LogP contribution in [0.3, 0.4) is 0 Å². The van der Waals surface area contributed by atoms with Gasteiger partial charge < -0.3 is 14.0 Å². The highest BCUT2D eigenvalue weighted by Crippen LogP contribution is 2.27. The van der Waals surface area contributed by atoms with Gasteiger partial charge in [-0.3, -0.25) is 9.97 Å². The van der Waals surface area contributed by atoms with Gasteiger partial charge in [0.25, 0.3) is 0 Å². The second-order valence-electron chi connectivity index (χ2n) is 5.36. The summed E-state index contributed by atoms with van der Waals surface area (Å²) < 4.78 is 44.5. The summed E-state index contributed by atoms with van der Waals surface area (Å²) in [6.45, 7) is 3.78. The lowest BCUT2D eigenvalue weighted by atomic mass is 10.1. The van der Waals surface area contributed by atoms with Crippen LogP contribution in [0, 0.1) is 13.8 Å². The topological polar surface area (TPSA) is 83.1 Å². The van der Waals surface area contributed by atoms with Gasteiger partial charge in [-0.1, -0.05) is 0 Å². The maximum absolute atomic E-state index is 12.7. The van der Waals surface area contributed by atoms with Crippen molar-refractivity contribution in [3.63, 3.8) is 0 Å². The molecule has 2 heterocycles. The average molecular weight is 348 g/mol. The first-order chi connectivity index (χ1) is 12.7. The molecule has 7 heteroatoms. The van der Waals surface area contributed by atoms with Gasteiger partial charge in [0.05, 0.1) is 35.0 Å². The number of pyridine rings is 1. The minimum atomic E-state index is -2.54. The van der Waals surface area contributed by atoms with E-state index in [1.165, 1.54) is 12.1 Å². The van der Waals surface area contributed by atoms with Gasteiger partial charge in [-0.05, 0) is 26.0 Å². The molecule has 1 aromatic carbocycles. The van der Waals surface area contributed by atoms with E-state index in [2.05, 4.69) is 15.0 Å². The molecule has 24 heavy (non-hydrogen) atoms. The van der Waals surface area contributed by atoms with Crippen LogP contribution in [0.1, 0.15) is 20.9 Å². The molecule has 0 aliphatic carbocycles. The van der Waals surface area contributed by atoms with Crippen LogP contribution < -0.4 is 9.47 Å². The van der Waals surface area contributed by atoms with Crippen molar-refractivity contribution in [3.8, 4) is 11.5 Å². The third-order valence-electron chi connectivity index (χ3n) is 3.78. The number of methoxy groups -OCH3 is 2. The molecule has 1 atom stereocenters. The summed E-state index contributed by atoms with van der Waals surface area (Å²) in [5, 5.41) is 0.289. The van der Waals surface area contributed by atoms with Crippen LogP contribution in [-0.4, -0.2) is 33.7 Å². The number of fused-ring (bicyclic) bond motifs is 1. The van der Waals surface area contributed by atoms with Crippen LogP contribution in [0.5, 0.6) is 11.5 Å². The predicted molar refractivity (Wildman–Crippen MR) is 93.0 cm³/mol. The van der Waals surface area contributed by atoms with Crippen molar-refractivity contribution < 1.29 is 18.1 Å². The largest absolute Gasteiger partial charge is 0.609 e. The Morgan fingerprint density at radius 2 is 2.17 bits per heavy atom. The summed E-state index contributed by atoms with van der Waals surface area (Å²) >= 11 is -1.46. The number of H-pyrrole nitrogens is 1. The van der Waals surface area contributed by atoms with Crippen molar-refractivity contribution in [2.75, 3.05) is 14.1 Å². The van der Waals surface area contributed by atoms with Crippen LogP contribution in [0.25, 0.3) is 11.0 Å². The van der Waals surface area contributed by atoms with Crippen LogP contribution in [-0.2, 0) is 16.9 Å². The average Bonchev–Trinajstić information content (AvgIpc) is 3.00. The number of hydrogen-bond donors (Lipinski definition) is 1. The molecule has 0 saturated carbocycles. The Hall–Kier alpha value is -2.25. The van der Waals surface area contributed by atoms with Crippen LogP contribution in [0.2, 0.25) is 0 Å². The predicted octanol–water partition coefficient (Wildman–Crippen LogP) is 2.90. The Bertz CT molecular complexity index is 975. The minimum absolute atomic E-state index is 0.173. The van der Waals surface area contributed by atoms with Gasteiger partial charge in [0.1, 0.15) is 11.5 Å². The highest BCUT2D eigenvalue weighted by molar-refractivity contribution is 7.90. The van der Waals surface area contributed by atoms with Crippen LogP contribution >= 0.6 is 0 Å². The zero-order valence-electron chi connectivity index (χ0n) is 16.5. The normalized spacial score (nSPS) is 14.8. The fourth-order valence-electron chi connectivity index (χ4n) is 2.54. The molecule has 3 aromatic rings. The lowest BCUT2D eigenvalue weighted by Crippen LogP contribution is -2.10. The third kappa shape index (κ3) is 3.05. The van der Waals surface area contributed by atoms with Crippen LogP contribution in [0.15, 0.2) is 29.6 Å². The van der Waals surface area contributed by atoms with Gasteiger partial charge in [-0.15, -0.1) is 0 Å². The molecule has 0 amide bonds. The molecular formula is C17H19N3O3S. The Labute approximate surface area is 147 Å². The molecule has 0 radical (unpaired) electrons. The molecule has 126 valence electrons. The van der Waals surface area contributed by atoms with Gasteiger partial charge in [0.15, 0.2) is 5.75 Å². The summed E-state index contributed by atoms with van der Waals surface area (Å²) in [5.74, 6) is 1.08. The number of nitrogens with zero attached hydrogens (tertiary/aromatic N) is 2. The van der Waals surface area contributed by atoms with E-state index < -0.39 is 18.2 Å². The smallest absolute Gasteiger partial charge is 0.322 e. The van der Waals surface area contributed by atoms with Gasteiger partial charge in [-0.2, -0.15) is 4.98 Å². The Morgan fingerprint density at radius 1 is 1.33 bits per heavy atom. The Morgan fingerprint density at radius 3 is 2.92 bits per heavy atom. The van der Waals surface area contributed by atoms with Crippen molar-refractivity contribution in [1.82, 2.24) is 15.0 Å². The molecule has 0 fully saturated rings. The molecular weight excluding hydrogens is 326 g/mol. The molecule has 2 aromatic heterocycles. The van der Waals surface area contributed by atoms with Crippen molar-refractivity contribution in [3.05, 3.63) is 41.2 Å². The highest BCUT2D eigenvalue weighted by Gasteiger charge is 2.21. The van der Waals surface area contributed by atoms with Gasteiger partial charge in [0.2, 0.25) is 0 Å². The van der Waals surface area contributed by atoms with E-state index in [0.717, 1.165) is 16.9 Å². The van der Waals surface area contributed by atoms with Crippen molar-refractivity contribution in [1.29, 1.82) is 0 Å². The van der Waals surface area contributed by atoms with Crippen molar-refractivity contribution in [2.24, 2.45) is 0 Å². The molecule has 0 saturated heterocycles. The van der Waals surface area contributed by atoms with Gasteiger partial charge >= 0.3 is 5.16 Å². The third-order valence-corrected chi connectivity index (χ3v) is 4.94. The molecule has 0 aliphatic heterocycles. The van der Waals surface area contributed by atoms with E-state index in [0.29, 0.717) is 16.7 Å². The minimum Gasteiger partial charge on any atom is -0.609 e. The Kier molecular flexibility index (Phi) is 3.65. The Balaban J connectivity index is 1.85. The van der Waals surface area contributed by atoms with Gasteiger partial charge in [-0.25, -0.2) is 0 Å². The summed E-state index contributed by atoms with van der Waals surface area (Å²) in [4.78, 5) is 11.7. The van der Waals surface area contributed by atoms with Gasteiger partial charge in [0, 0.05) is 34.6 Å². The standard InChI is InChI=1S/C17H19N3O3S/c1-10-8-18-15(11(2)16(10)23-4)9-24(21)17-19-13-6-5-12(22-3)7-14(13)20-17/h5-8H,9H2,1-4H3,(H,19,20)/t24-/m0/s1/i3D3. The number of aromatic amines is 1. The fraction of sp³-hybridized carbons (Fsp3) is 0.294. The second kappa shape index (κ2) is 6.70. The van der Waals surface area contributed by atoms with E-state index in [1.54, 1.807) is 19.4 Å². The summed E-state index contributed by atoms with van der Waals surface area (Å²) in [6, 6.07) is 4.66. The van der Waals surface area contributed by atoms with E-state index in [-0.39, 0.29) is 16.7 Å². The van der Waals surface area contributed by atoms with E-state index in [4.69, 9.17) is 13.6 Å². The molecule has 6 nitrogen and oxygen atoms in total. The summed E-state index contributed by atoms with van der Waals surface area (Å²) in [7, 11) is -0.947. The lowest BCUT2D eigenvalue weighted by molar-refractivity contribution is 0.407. The zero-order valence-corrected chi connectivity index (χ0v) is 14.4. The number of rotatable bonds is 5. The molecule has 3 rings (SSSR count). The first-order valence-electron chi connectivity index (χ1n) is 8.74. The molecule has 0 bridgehead atoms. The molecule has 0 spiro atoms. The van der Waals surface area contributed by atoms with E-state index >= 15 is 0 Å². The van der Waals surface area contributed by atoms with Crippen molar-refractivity contribution >= 4 is 22.2 Å². The number of imidazole rings is 1. The molecule has 1 N–H and O–H groups in total. The number of ether oxygens (including phenoxy) is 2. The molecule has 0 aliphatic rings. The number of aromatic nitrogens is 3. The first-order valence-corrected chi connectivity index (χ1v) is 8.56. The monoisotopic (exact) mass is 348 g/mol. The van der Waals surface area contributed by atoms with E-state index in [9.17, 15) is 4.55 Å². The summed E-state index contributed by atoms with van der Waals surface area (Å²) in [6.07, 6.45) is 1.69. The summed E-state index contributed by atoms with van der Waals surface area (Å²) in [5.41, 5.74) is 3.54. The first kappa shape index (κ1) is 13.1. The van der Waals surface area contributed by atoms with E-state index in [1.807, 2.05) is 13.8 Å². The maximum atomic E-state index is 12.7. The zero-order chi connectivity index (χ0) is 19.8. The van der Waals surface area contributed by atoms with Crippen LogP contribution in [0.4, 0.5) is 0 Å². The quantitative estimate of drug-likeness (QED) is 0.717. The number of benzene rings is 1. The fourth-order valence-corrected chi connectivity index (χ4v) is 3.64. The highest BCUT2D eigenvalue weighted by atomic mass is 32.2. The second-order valence-corrected chi connectivity index (χ2v) is 6.73. The SMILES string of the molecule is [2H]C([2H])([2H])Oc1ccc2[nH]c([S@@+]([O-])Cc3ncc(C)c(OC)c3C)nc2c1. The van der Waals surface area contributed by atoms with Crippen molar-refractivity contribution in [2.45, 2.75) is 24.8 Å².